The predicted octanol–water partition coefficient (Wildman–Crippen LogP) is 4.16. The molecule has 0 radical (unpaired) electrons. The number of amides is 1. The molecular weight excluding hydrogens is 501 g/mol. The van der Waals surface area contributed by atoms with Gasteiger partial charge in [-0.05, 0) is 59.5 Å². The summed E-state index contributed by atoms with van der Waals surface area (Å²) in [6.45, 7) is 3.39. The predicted molar refractivity (Wildman–Crippen MR) is 135 cm³/mol. The average molecular weight is 527 g/mol. The highest BCUT2D eigenvalue weighted by atomic mass is 35.5. The topological polar surface area (TPSA) is 69.7 Å². The first-order valence-electron chi connectivity index (χ1n) is 10.7. The summed E-state index contributed by atoms with van der Waals surface area (Å²) < 4.78 is 28.1. The van der Waals surface area contributed by atoms with Crippen molar-refractivity contribution in [3.8, 4) is 0 Å². The molecule has 1 N–H and O–H groups in total. The van der Waals surface area contributed by atoms with Crippen LogP contribution < -0.4 is 5.32 Å². The van der Waals surface area contributed by atoms with E-state index >= 15 is 0 Å². The van der Waals surface area contributed by atoms with E-state index in [1.165, 1.54) is 14.7 Å². The molecule has 1 saturated heterocycles. The van der Waals surface area contributed by atoms with Gasteiger partial charge >= 0.3 is 0 Å². The lowest BCUT2D eigenvalue weighted by Crippen LogP contribution is -2.37. The van der Waals surface area contributed by atoms with Crippen LogP contribution in [-0.2, 0) is 23.0 Å². The molecule has 1 aromatic heterocycles. The largest absolute Gasteiger partial charge is 0.337 e. The van der Waals surface area contributed by atoms with Gasteiger partial charge in [-0.3, -0.25) is 4.79 Å². The summed E-state index contributed by atoms with van der Waals surface area (Å²) in [4.78, 5) is 17.2. The molecule has 2 aliphatic heterocycles. The van der Waals surface area contributed by atoms with Gasteiger partial charge in [-0.25, -0.2) is 8.42 Å². The van der Waals surface area contributed by atoms with E-state index in [9.17, 15) is 13.2 Å². The summed E-state index contributed by atoms with van der Waals surface area (Å²) in [5, 5.41) is 5.69. The van der Waals surface area contributed by atoms with Crippen LogP contribution in [0.4, 0.5) is 0 Å². The van der Waals surface area contributed by atoms with Crippen LogP contribution in [0.2, 0.25) is 5.02 Å². The SMILES string of the molecule is Cl.O=C(c1cc2c(s1)CCNC2)N1CCCN(S(=O)(=O)c2ccc3cc(Cl)ccc3c2)CC1. The standard InChI is InChI=1S/C23H24ClN3O3S2.ClH/c24-19-4-2-17-13-20(5-3-16(17)12-19)32(29,30)27-9-1-8-26(10-11-27)23(28)22-14-18-15-25-7-6-21(18)31-22;/h2-5,12-14,25H,1,6-11,15H2;1H. The lowest BCUT2D eigenvalue weighted by molar-refractivity contribution is 0.0769. The van der Waals surface area contributed by atoms with Gasteiger partial charge in [-0.1, -0.05) is 23.7 Å². The van der Waals surface area contributed by atoms with Crippen LogP contribution >= 0.6 is 35.3 Å². The number of nitrogens with zero attached hydrogens (tertiary/aromatic N) is 2. The van der Waals surface area contributed by atoms with Crippen molar-refractivity contribution < 1.29 is 13.2 Å². The number of hydrogen-bond donors (Lipinski definition) is 1. The van der Waals surface area contributed by atoms with Crippen molar-refractivity contribution in [2.45, 2.75) is 24.3 Å². The van der Waals surface area contributed by atoms with Crippen molar-refractivity contribution in [2.75, 3.05) is 32.7 Å². The fourth-order valence-corrected chi connectivity index (χ4v) is 7.19. The summed E-state index contributed by atoms with van der Waals surface area (Å²) in [5.74, 6) is 0.00577. The molecule has 5 rings (SSSR count). The number of carbonyl (C=O) groups is 1. The van der Waals surface area contributed by atoms with Crippen molar-refractivity contribution in [3.05, 3.63) is 62.8 Å². The third-order valence-corrected chi connectivity index (χ3v) is 9.46. The minimum absolute atomic E-state index is 0. The highest BCUT2D eigenvalue weighted by molar-refractivity contribution is 7.89. The van der Waals surface area contributed by atoms with Crippen LogP contribution in [0.25, 0.3) is 10.8 Å². The van der Waals surface area contributed by atoms with Gasteiger partial charge in [0.25, 0.3) is 5.91 Å². The van der Waals surface area contributed by atoms with Crippen molar-refractivity contribution in [2.24, 2.45) is 0 Å². The molecule has 3 aromatic rings. The zero-order chi connectivity index (χ0) is 22.3. The Hall–Kier alpha value is -1.68. The first-order valence-corrected chi connectivity index (χ1v) is 13.4. The first-order chi connectivity index (χ1) is 15.4. The molecule has 33 heavy (non-hydrogen) atoms. The number of halogens is 2. The molecule has 0 unspecified atom stereocenters. The number of thiophene rings is 1. The van der Waals surface area contributed by atoms with E-state index in [1.807, 2.05) is 18.2 Å². The third-order valence-electron chi connectivity index (χ3n) is 6.11. The number of benzene rings is 2. The molecule has 0 aliphatic carbocycles. The van der Waals surface area contributed by atoms with E-state index in [2.05, 4.69) is 5.32 Å². The highest BCUT2D eigenvalue weighted by Gasteiger charge is 2.29. The number of rotatable bonds is 3. The van der Waals surface area contributed by atoms with Crippen LogP contribution in [0, 0.1) is 0 Å². The van der Waals surface area contributed by atoms with E-state index in [4.69, 9.17) is 11.6 Å². The number of carbonyl (C=O) groups excluding carboxylic acids is 1. The molecule has 1 amide bonds. The van der Waals surface area contributed by atoms with Gasteiger partial charge in [0.2, 0.25) is 10.0 Å². The zero-order valence-electron chi connectivity index (χ0n) is 17.9. The van der Waals surface area contributed by atoms with E-state index in [0.29, 0.717) is 37.6 Å². The highest BCUT2D eigenvalue weighted by Crippen LogP contribution is 2.28. The minimum atomic E-state index is -3.65. The smallest absolute Gasteiger partial charge is 0.263 e. The molecule has 1 fully saturated rings. The fourth-order valence-electron chi connectivity index (χ4n) is 4.36. The molecule has 10 heteroatoms. The summed E-state index contributed by atoms with van der Waals surface area (Å²) in [5.41, 5.74) is 1.21. The molecular formula is C23H25Cl2N3O3S2. The van der Waals surface area contributed by atoms with Crippen molar-refractivity contribution >= 4 is 62.0 Å². The quantitative estimate of drug-likeness (QED) is 0.557. The van der Waals surface area contributed by atoms with Gasteiger partial charge in [0.15, 0.2) is 0 Å². The van der Waals surface area contributed by atoms with Gasteiger partial charge in [0.1, 0.15) is 0 Å². The Kier molecular flexibility index (Phi) is 7.33. The Morgan fingerprint density at radius 1 is 1.00 bits per heavy atom. The second-order valence-corrected chi connectivity index (χ2v) is 11.7. The van der Waals surface area contributed by atoms with Crippen molar-refractivity contribution in [3.63, 3.8) is 0 Å². The van der Waals surface area contributed by atoms with Crippen LogP contribution in [0.3, 0.4) is 0 Å². The Bertz CT molecular complexity index is 1270. The number of hydrogen-bond acceptors (Lipinski definition) is 5. The monoisotopic (exact) mass is 525 g/mol. The van der Waals surface area contributed by atoms with Gasteiger partial charge in [0, 0.05) is 49.2 Å². The Balaban J connectivity index is 0.00000259. The lowest BCUT2D eigenvalue weighted by atomic mass is 10.1. The second kappa shape index (κ2) is 9.90. The van der Waals surface area contributed by atoms with Crippen LogP contribution in [-0.4, -0.2) is 56.3 Å². The molecule has 176 valence electrons. The number of sulfonamides is 1. The molecule has 3 heterocycles. The molecule has 6 nitrogen and oxygen atoms in total. The maximum atomic E-state index is 13.3. The zero-order valence-corrected chi connectivity index (χ0v) is 21.1. The van der Waals surface area contributed by atoms with Crippen molar-refractivity contribution in [1.82, 2.24) is 14.5 Å². The van der Waals surface area contributed by atoms with Gasteiger partial charge in [0.05, 0.1) is 9.77 Å². The van der Waals surface area contributed by atoms with E-state index in [1.54, 1.807) is 40.5 Å². The van der Waals surface area contributed by atoms with Gasteiger partial charge < -0.3 is 10.2 Å². The van der Waals surface area contributed by atoms with Crippen LogP contribution in [0.5, 0.6) is 0 Å². The number of nitrogens with one attached hydrogen (secondary N) is 1. The Morgan fingerprint density at radius 2 is 1.79 bits per heavy atom. The van der Waals surface area contributed by atoms with Gasteiger partial charge in [-0.2, -0.15) is 4.31 Å². The van der Waals surface area contributed by atoms with Crippen LogP contribution in [0.1, 0.15) is 26.5 Å². The van der Waals surface area contributed by atoms with E-state index in [0.717, 1.165) is 35.2 Å². The first kappa shape index (κ1) is 24.4. The Labute approximate surface area is 209 Å². The fraction of sp³-hybridized carbons (Fsp3) is 0.348. The molecule has 2 aliphatic rings. The maximum absolute atomic E-state index is 13.3. The molecule has 2 aromatic carbocycles. The summed E-state index contributed by atoms with van der Waals surface area (Å²) >= 11 is 7.62. The molecule has 0 saturated carbocycles. The summed E-state index contributed by atoms with van der Waals surface area (Å²) in [6.07, 6.45) is 1.57. The Morgan fingerprint density at radius 3 is 2.61 bits per heavy atom. The second-order valence-electron chi connectivity index (χ2n) is 8.19. The van der Waals surface area contributed by atoms with Gasteiger partial charge in [-0.15, -0.1) is 23.7 Å². The molecule has 0 atom stereocenters. The van der Waals surface area contributed by atoms with E-state index < -0.39 is 10.0 Å². The normalized spacial score (nSPS) is 17.3. The van der Waals surface area contributed by atoms with E-state index in [-0.39, 0.29) is 23.2 Å². The maximum Gasteiger partial charge on any atom is 0.263 e. The molecule has 0 spiro atoms. The summed E-state index contributed by atoms with van der Waals surface area (Å²) in [6, 6.07) is 12.5. The summed E-state index contributed by atoms with van der Waals surface area (Å²) in [7, 11) is -3.65. The lowest BCUT2D eigenvalue weighted by Gasteiger charge is -2.22. The third kappa shape index (κ3) is 4.92. The van der Waals surface area contributed by atoms with Crippen molar-refractivity contribution in [1.29, 1.82) is 0 Å². The average Bonchev–Trinajstić information content (AvgIpc) is 3.07. The number of fused-ring (bicyclic) bond motifs is 2. The minimum Gasteiger partial charge on any atom is -0.337 e. The molecule has 0 bridgehead atoms. The van der Waals surface area contributed by atoms with Crippen LogP contribution in [0.15, 0.2) is 47.4 Å².